The fourth-order valence-corrected chi connectivity index (χ4v) is 2.45. The molecule has 1 aliphatic carbocycles. The lowest BCUT2D eigenvalue weighted by Crippen LogP contribution is -2.54. The highest BCUT2D eigenvalue weighted by molar-refractivity contribution is 5.94. The van der Waals surface area contributed by atoms with Crippen molar-refractivity contribution < 1.29 is 13.6 Å². The van der Waals surface area contributed by atoms with Crippen molar-refractivity contribution in [2.24, 2.45) is 0 Å². The Kier molecular flexibility index (Phi) is 3.78. The molecule has 1 heterocycles. The highest BCUT2D eigenvalue weighted by atomic mass is 35.5. The smallest absolute Gasteiger partial charge is 0.257 e. The molecule has 0 unspecified atom stereocenters. The number of nitrogens with one attached hydrogen (secondary N) is 1. The van der Waals surface area contributed by atoms with Gasteiger partial charge in [-0.05, 0) is 31.0 Å². The minimum Gasteiger partial charge on any atom is -0.335 e. The molecule has 0 aromatic heterocycles. The monoisotopic (exact) mass is 288 g/mol. The quantitative estimate of drug-likeness (QED) is 0.857. The number of amides is 1. The second-order valence-corrected chi connectivity index (χ2v) is 5.06. The normalized spacial score (nSPS) is 20.0. The van der Waals surface area contributed by atoms with Gasteiger partial charge in [0.15, 0.2) is 0 Å². The fourth-order valence-electron chi connectivity index (χ4n) is 2.45. The molecule has 6 heteroatoms. The summed E-state index contributed by atoms with van der Waals surface area (Å²) >= 11 is 0. The number of halogens is 3. The lowest BCUT2D eigenvalue weighted by Gasteiger charge is -2.34. The van der Waals surface area contributed by atoms with E-state index < -0.39 is 17.5 Å². The zero-order valence-electron chi connectivity index (χ0n) is 10.3. The molecule has 2 fully saturated rings. The van der Waals surface area contributed by atoms with Crippen LogP contribution in [0.2, 0.25) is 0 Å². The zero-order valence-corrected chi connectivity index (χ0v) is 11.1. The van der Waals surface area contributed by atoms with Gasteiger partial charge in [-0.3, -0.25) is 4.79 Å². The van der Waals surface area contributed by atoms with E-state index in [9.17, 15) is 13.6 Å². The Hall–Kier alpha value is -1.20. The van der Waals surface area contributed by atoms with Crippen molar-refractivity contribution in [3.05, 3.63) is 35.4 Å². The highest BCUT2D eigenvalue weighted by Gasteiger charge is 2.46. The Bertz CT molecular complexity index is 505. The maximum atomic E-state index is 13.6. The summed E-state index contributed by atoms with van der Waals surface area (Å²) in [6.07, 6.45) is 2.09. The van der Waals surface area contributed by atoms with Crippen molar-refractivity contribution in [3.63, 3.8) is 0 Å². The van der Waals surface area contributed by atoms with Crippen LogP contribution in [0.5, 0.6) is 0 Å². The SMILES string of the molecule is Cl.O=C(c1cc(F)ccc1F)N1CCNC2(CC2)C1. The van der Waals surface area contributed by atoms with Gasteiger partial charge in [0.1, 0.15) is 11.6 Å². The standard InChI is InChI=1S/C13H14F2N2O.ClH/c14-9-1-2-11(15)10(7-9)12(18)17-6-5-16-13(8-17)3-4-13;/h1-2,7,16H,3-6,8H2;1H. The molecule has 1 saturated heterocycles. The Morgan fingerprint density at radius 1 is 1.32 bits per heavy atom. The fraction of sp³-hybridized carbons (Fsp3) is 0.462. The Morgan fingerprint density at radius 2 is 2.05 bits per heavy atom. The first-order chi connectivity index (χ1) is 8.60. The predicted octanol–water partition coefficient (Wildman–Crippen LogP) is 1.96. The maximum absolute atomic E-state index is 13.6. The molecule has 3 nitrogen and oxygen atoms in total. The van der Waals surface area contributed by atoms with Crippen molar-refractivity contribution in [1.82, 2.24) is 10.2 Å². The largest absolute Gasteiger partial charge is 0.335 e. The summed E-state index contributed by atoms with van der Waals surface area (Å²) in [5.41, 5.74) is -0.134. The number of rotatable bonds is 1. The topological polar surface area (TPSA) is 32.3 Å². The van der Waals surface area contributed by atoms with Gasteiger partial charge in [-0.15, -0.1) is 12.4 Å². The van der Waals surface area contributed by atoms with Gasteiger partial charge >= 0.3 is 0 Å². The molecule has 0 bridgehead atoms. The molecule has 19 heavy (non-hydrogen) atoms. The second-order valence-electron chi connectivity index (χ2n) is 5.06. The molecule has 1 aliphatic heterocycles. The zero-order chi connectivity index (χ0) is 12.8. The van der Waals surface area contributed by atoms with Crippen LogP contribution in [-0.4, -0.2) is 36.0 Å². The first-order valence-corrected chi connectivity index (χ1v) is 6.09. The van der Waals surface area contributed by atoms with Crippen molar-refractivity contribution >= 4 is 18.3 Å². The van der Waals surface area contributed by atoms with Gasteiger partial charge in [0.05, 0.1) is 5.56 Å². The molecule has 1 aromatic carbocycles. The summed E-state index contributed by atoms with van der Waals surface area (Å²) in [5.74, 6) is -1.67. The van der Waals surface area contributed by atoms with Crippen LogP contribution in [0.25, 0.3) is 0 Å². The van der Waals surface area contributed by atoms with Crippen molar-refractivity contribution in [3.8, 4) is 0 Å². The lowest BCUT2D eigenvalue weighted by atomic mass is 10.1. The lowest BCUT2D eigenvalue weighted by molar-refractivity contribution is 0.0686. The first kappa shape index (κ1) is 14.2. The summed E-state index contributed by atoms with van der Waals surface area (Å²) in [6, 6.07) is 2.99. The van der Waals surface area contributed by atoms with Gasteiger partial charge in [-0.2, -0.15) is 0 Å². The van der Waals surface area contributed by atoms with Crippen LogP contribution in [0.15, 0.2) is 18.2 Å². The summed E-state index contributed by atoms with van der Waals surface area (Å²) in [6.45, 7) is 1.83. The molecule has 1 spiro atoms. The molecule has 1 saturated carbocycles. The van der Waals surface area contributed by atoms with Crippen molar-refractivity contribution in [2.45, 2.75) is 18.4 Å². The van der Waals surface area contributed by atoms with E-state index in [1.54, 1.807) is 4.90 Å². The van der Waals surface area contributed by atoms with Crippen LogP contribution in [0.4, 0.5) is 8.78 Å². The van der Waals surface area contributed by atoms with Crippen LogP contribution >= 0.6 is 12.4 Å². The third-order valence-electron chi connectivity index (χ3n) is 3.67. The minimum absolute atomic E-state index is 0. The molecular weight excluding hydrogens is 274 g/mol. The van der Waals surface area contributed by atoms with Crippen LogP contribution in [0.1, 0.15) is 23.2 Å². The molecule has 1 aromatic rings. The molecule has 104 valence electrons. The number of piperazine rings is 1. The van der Waals surface area contributed by atoms with Gasteiger partial charge < -0.3 is 10.2 Å². The summed E-state index contributed by atoms with van der Waals surface area (Å²) in [7, 11) is 0. The summed E-state index contributed by atoms with van der Waals surface area (Å²) in [4.78, 5) is 13.8. The predicted molar refractivity (Wildman–Crippen MR) is 69.5 cm³/mol. The maximum Gasteiger partial charge on any atom is 0.257 e. The molecule has 0 atom stereocenters. The van der Waals surface area contributed by atoms with Crippen LogP contribution in [-0.2, 0) is 0 Å². The minimum atomic E-state index is -0.662. The van der Waals surface area contributed by atoms with Gasteiger partial charge in [-0.25, -0.2) is 8.78 Å². The van der Waals surface area contributed by atoms with E-state index >= 15 is 0 Å². The van der Waals surface area contributed by atoms with E-state index in [4.69, 9.17) is 0 Å². The number of carbonyl (C=O) groups is 1. The van der Waals surface area contributed by atoms with Gasteiger partial charge in [-0.1, -0.05) is 0 Å². The number of benzene rings is 1. The molecular formula is C13H15ClF2N2O. The number of hydrogen-bond acceptors (Lipinski definition) is 2. The van der Waals surface area contributed by atoms with E-state index in [1.165, 1.54) is 0 Å². The van der Waals surface area contributed by atoms with Crippen molar-refractivity contribution in [1.29, 1.82) is 0 Å². The first-order valence-electron chi connectivity index (χ1n) is 6.09. The molecule has 0 radical (unpaired) electrons. The average molecular weight is 289 g/mol. The molecule has 1 N–H and O–H groups in total. The number of carbonyl (C=O) groups excluding carboxylic acids is 1. The Balaban J connectivity index is 0.00000133. The van der Waals surface area contributed by atoms with E-state index in [-0.39, 0.29) is 23.5 Å². The molecule has 3 rings (SSSR count). The summed E-state index contributed by atoms with van der Waals surface area (Å²) < 4.78 is 26.6. The Labute approximate surface area is 116 Å². The van der Waals surface area contributed by atoms with Crippen LogP contribution in [0.3, 0.4) is 0 Å². The third kappa shape index (κ3) is 2.72. The third-order valence-corrected chi connectivity index (χ3v) is 3.67. The van der Waals surface area contributed by atoms with E-state index in [0.29, 0.717) is 19.6 Å². The van der Waals surface area contributed by atoms with Gasteiger partial charge in [0.2, 0.25) is 0 Å². The Morgan fingerprint density at radius 3 is 2.74 bits per heavy atom. The summed E-state index contributed by atoms with van der Waals surface area (Å²) in [5, 5.41) is 3.37. The van der Waals surface area contributed by atoms with E-state index in [0.717, 1.165) is 31.0 Å². The number of hydrogen-bond donors (Lipinski definition) is 1. The van der Waals surface area contributed by atoms with Crippen LogP contribution in [0, 0.1) is 11.6 Å². The highest BCUT2D eigenvalue weighted by Crippen LogP contribution is 2.37. The second kappa shape index (κ2) is 5.06. The molecule has 1 amide bonds. The van der Waals surface area contributed by atoms with E-state index in [2.05, 4.69) is 5.32 Å². The van der Waals surface area contributed by atoms with Gasteiger partial charge in [0.25, 0.3) is 5.91 Å². The van der Waals surface area contributed by atoms with Crippen molar-refractivity contribution in [2.75, 3.05) is 19.6 Å². The number of nitrogens with zero attached hydrogens (tertiary/aromatic N) is 1. The molecule has 2 aliphatic rings. The average Bonchev–Trinajstić information content (AvgIpc) is 3.10. The van der Waals surface area contributed by atoms with Gasteiger partial charge in [0, 0.05) is 25.2 Å². The van der Waals surface area contributed by atoms with Crippen LogP contribution < -0.4 is 5.32 Å². The van der Waals surface area contributed by atoms with E-state index in [1.807, 2.05) is 0 Å².